The van der Waals surface area contributed by atoms with Gasteiger partial charge in [0.25, 0.3) is 5.56 Å². The van der Waals surface area contributed by atoms with Crippen LogP contribution < -0.4 is 5.56 Å². The average Bonchev–Trinajstić information content (AvgIpc) is 3.10. The fourth-order valence-corrected chi connectivity index (χ4v) is 3.95. The summed E-state index contributed by atoms with van der Waals surface area (Å²) in [5.74, 6) is 1.96. The van der Waals surface area contributed by atoms with Crippen LogP contribution in [0.1, 0.15) is 31.1 Å². The number of nitrogens with one attached hydrogen (secondary N) is 2. The molecule has 0 aliphatic heterocycles. The van der Waals surface area contributed by atoms with E-state index in [0.29, 0.717) is 18.2 Å². The molecule has 0 spiro atoms. The van der Waals surface area contributed by atoms with Crippen molar-refractivity contribution in [2.24, 2.45) is 5.92 Å². The van der Waals surface area contributed by atoms with Crippen LogP contribution in [0.3, 0.4) is 0 Å². The molecule has 0 saturated carbocycles. The van der Waals surface area contributed by atoms with Crippen LogP contribution in [0.25, 0.3) is 21.3 Å². The molecular weight excluding hydrogens is 320 g/mol. The Morgan fingerprint density at radius 1 is 1.12 bits per heavy atom. The lowest BCUT2D eigenvalue weighted by atomic mass is 10.0. The zero-order chi connectivity index (χ0) is 16.7. The van der Waals surface area contributed by atoms with Crippen molar-refractivity contribution in [2.75, 3.05) is 0 Å². The second kappa shape index (κ2) is 5.87. The van der Waals surface area contributed by atoms with E-state index in [9.17, 15) is 4.79 Å². The standard InChI is InChI=1S/C18H18N4OS/c1-10(2)7-11-9-24-18-16(11)17(23)21-15(22-18)8-14-19-12-5-3-4-6-13(12)20-14/h3-6,9-10H,7-8H2,1-2H3,(H,19,20)(H,21,22,23). The van der Waals surface area contributed by atoms with Crippen LogP contribution in [0.2, 0.25) is 0 Å². The normalized spacial score (nSPS) is 11.8. The molecule has 24 heavy (non-hydrogen) atoms. The molecule has 4 rings (SSSR count). The number of fused-ring (bicyclic) bond motifs is 2. The Balaban J connectivity index is 1.71. The van der Waals surface area contributed by atoms with Crippen molar-refractivity contribution >= 4 is 32.6 Å². The van der Waals surface area contributed by atoms with Crippen LogP contribution in [0, 0.1) is 5.92 Å². The highest BCUT2D eigenvalue weighted by atomic mass is 32.1. The van der Waals surface area contributed by atoms with Gasteiger partial charge in [0, 0.05) is 0 Å². The molecule has 0 unspecified atom stereocenters. The molecule has 122 valence electrons. The SMILES string of the molecule is CC(C)Cc1csc2nc(Cc3nc4ccccc4[nH]3)[nH]c(=O)c12. The number of aromatic nitrogens is 4. The fourth-order valence-electron chi connectivity index (χ4n) is 2.97. The first kappa shape index (κ1) is 15.1. The Labute approximate surface area is 142 Å². The summed E-state index contributed by atoms with van der Waals surface area (Å²) < 4.78 is 0. The number of H-pyrrole nitrogens is 2. The number of nitrogens with zero attached hydrogens (tertiary/aromatic N) is 2. The highest BCUT2D eigenvalue weighted by Crippen LogP contribution is 2.24. The third-order valence-corrected chi connectivity index (χ3v) is 4.89. The lowest BCUT2D eigenvalue weighted by Gasteiger charge is -2.03. The third-order valence-electron chi connectivity index (χ3n) is 3.97. The van der Waals surface area contributed by atoms with Gasteiger partial charge in [0.2, 0.25) is 0 Å². The molecule has 0 amide bonds. The second-order valence-electron chi connectivity index (χ2n) is 6.43. The number of rotatable bonds is 4. The third kappa shape index (κ3) is 2.73. The molecule has 0 fully saturated rings. The van der Waals surface area contributed by atoms with Gasteiger partial charge < -0.3 is 9.97 Å². The predicted octanol–water partition coefficient (Wildman–Crippen LogP) is 3.65. The largest absolute Gasteiger partial charge is 0.342 e. The van der Waals surface area contributed by atoms with E-state index < -0.39 is 0 Å². The van der Waals surface area contributed by atoms with Crippen molar-refractivity contribution in [3.05, 3.63) is 57.2 Å². The van der Waals surface area contributed by atoms with E-state index in [4.69, 9.17) is 0 Å². The summed E-state index contributed by atoms with van der Waals surface area (Å²) in [5, 5.41) is 2.79. The molecule has 1 aromatic carbocycles. The summed E-state index contributed by atoms with van der Waals surface area (Å²) in [6.07, 6.45) is 1.38. The van der Waals surface area contributed by atoms with Crippen LogP contribution in [0.4, 0.5) is 0 Å². The highest BCUT2D eigenvalue weighted by molar-refractivity contribution is 7.16. The maximum atomic E-state index is 12.5. The molecule has 0 atom stereocenters. The molecule has 5 nitrogen and oxygen atoms in total. The van der Waals surface area contributed by atoms with Crippen LogP contribution in [-0.4, -0.2) is 19.9 Å². The number of hydrogen-bond donors (Lipinski definition) is 2. The smallest absolute Gasteiger partial charge is 0.259 e. The van der Waals surface area contributed by atoms with Gasteiger partial charge >= 0.3 is 0 Å². The monoisotopic (exact) mass is 338 g/mol. The van der Waals surface area contributed by atoms with Gasteiger partial charge in [-0.1, -0.05) is 26.0 Å². The van der Waals surface area contributed by atoms with Crippen molar-refractivity contribution in [3.63, 3.8) is 0 Å². The number of benzene rings is 1. The van der Waals surface area contributed by atoms with Crippen LogP contribution >= 0.6 is 11.3 Å². The van der Waals surface area contributed by atoms with Crippen molar-refractivity contribution in [1.29, 1.82) is 0 Å². The number of hydrogen-bond acceptors (Lipinski definition) is 4. The van der Waals surface area contributed by atoms with Gasteiger partial charge in [0.1, 0.15) is 16.5 Å². The van der Waals surface area contributed by atoms with Gasteiger partial charge in [0.15, 0.2) is 0 Å². The maximum Gasteiger partial charge on any atom is 0.259 e. The Bertz CT molecular complexity index is 1040. The Hall–Kier alpha value is -2.47. The predicted molar refractivity (Wildman–Crippen MR) is 97.7 cm³/mol. The molecule has 6 heteroatoms. The van der Waals surface area contributed by atoms with Crippen molar-refractivity contribution < 1.29 is 0 Å². The summed E-state index contributed by atoms with van der Waals surface area (Å²) in [6, 6.07) is 7.88. The lowest BCUT2D eigenvalue weighted by Crippen LogP contribution is -2.13. The summed E-state index contributed by atoms with van der Waals surface area (Å²) in [4.78, 5) is 28.7. The quantitative estimate of drug-likeness (QED) is 0.596. The number of aromatic amines is 2. The van der Waals surface area contributed by atoms with Gasteiger partial charge in [-0.3, -0.25) is 4.79 Å². The van der Waals surface area contributed by atoms with Gasteiger partial charge in [-0.2, -0.15) is 0 Å². The first-order valence-electron chi connectivity index (χ1n) is 8.03. The minimum atomic E-state index is -0.0528. The maximum absolute atomic E-state index is 12.5. The molecule has 0 radical (unpaired) electrons. The average molecular weight is 338 g/mol. The number of para-hydroxylation sites is 2. The molecular formula is C18H18N4OS. The molecule has 0 aliphatic carbocycles. The number of imidazole rings is 1. The summed E-state index contributed by atoms with van der Waals surface area (Å²) >= 11 is 1.54. The van der Waals surface area contributed by atoms with Crippen molar-refractivity contribution in [3.8, 4) is 0 Å². The van der Waals surface area contributed by atoms with Gasteiger partial charge in [-0.15, -0.1) is 11.3 Å². The van der Waals surface area contributed by atoms with Crippen LogP contribution in [0.5, 0.6) is 0 Å². The fraction of sp³-hybridized carbons (Fsp3) is 0.278. The summed E-state index contributed by atoms with van der Waals surface area (Å²) in [6.45, 7) is 4.31. The van der Waals surface area contributed by atoms with Gasteiger partial charge in [-0.05, 0) is 35.4 Å². The molecule has 3 aromatic heterocycles. The molecule has 0 bridgehead atoms. The molecule has 3 heterocycles. The zero-order valence-electron chi connectivity index (χ0n) is 13.6. The van der Waals surface area contributed by atoms with E-state index in [1.807, 2.05) is 24.3 Å². The molecule has 0 aliphatic rings. The molecule has 0 saturated heterocycles. The Morgan fingerprint density at radius 3 is 2.71 bits per heavy atom. The van der Waals surface area contributed by atoms with Crippen LogP contribution in [-0.2, 0) is 12.8 Å². The highest BCUT2D eigenvalue weighted by Gasteiger charge is 2.13. The summed E-state index contributed by atoms with van der Waals surface area (Å²) in [5.41, 5.74) is 2.95. The van der Waals surface area contributed by atoms with Gasteiger partial charge in [-0.25, -0.2) is 9.97 Å². The van der Waals surface area contributed by atoms with Crippen molar-refractivity contribution in [1.82, 2.24) is 19.9 Å². The first-order chi connectivity index (χ1) is 11.6. The first-order valence-corrected chi connectivity index (χ1v) is 8.91. The topological polar surface area (TPSA) is 74.4 Å². The zero-order valence-corrected chi connectivity index (χ0v) is 14.4. The Morgan fingerprint density at radius 2 is 1.92 bits per heavy atom. The molecule has 4 aromatic rings. The van der Waals surface area contributed by atoms with E-state index >= 15 is 0 Å². The van der Waals surface area contributed by atoms with E-state index in [0.717, 1.165) is 39.1 Å². The van der Waals surface area contributed by atoms with E-state index in [2.05, 4.69) is 39.2 Å². The minimum absolute atomic E-state index is 0.0528. The van der Waals surface area contributed by atoms with Gasteiger partial charge in [0.05, 0.1) is 22.8 Å². The van der Waals surface area contributed by atoms with Crippen molar-refractivity contribution in [2.45, 2.75) is 26.7 Å². The molecule has 2 N–H and O–H groups in total. The number of thiophene rings is 1. The lowest BCUT2D eigenvalue weighted by molar-refractivity contribution is 0.651. The minimum Gasteiger partial charge on any atom is -0.342 e. The van der Waals surface area contributed by atoms with Crippen LogP contribution in [0.15, 0.2) is 34.4 Å². The second-order valence-corrected chi connectivity index (χ2v) is 7.29. The Kier molecular flexibility index (Phi) is 3.69. The van der Waals surface area contributed by atoms with E-state index in [1.165, 1.54) is 11.3 Å². The van der Waals surface area contributed by atoms with E-state index in [1.54, 1.807) is 0 Å². The van der Waals surface area contributed by atoms with E-state index in [-0.39, 0.29) is 5.56 Å². The summed E-state index contributed by atoms with van der Waals surface area (Å²) in [7, 11) is 0.